The number of aromatic hydroxyl groups is 1. The van der Waals surface area contributed by atoms with Crippen molar-refractivity contribution in [1.29, 1.82) is 0 Å². The van der Waals surface area contributed by atoms with Gasteiger partial charge in [0.1, 0.15) is 23.4 Å². The summed E-state index contributed by atoms with van der Waals surface area (Å²) in [5.74, 6) is -0.696. The first-order valence-corrected chi connectivity index (χ1v) is 5.10. The van der Waals surface area contributed by atoms with Gasteiger partial charge in [-0.1, -0.05) is 11.2 Å². The second-order valence-corrected chi connectivity index (χ2v) is 3.57. The highest BCUT2D eigenvalue weighted by molar-refractivity contribution is 5.65. The van der Waals surface area contributed by atoms with E-state index in [1.165, 1.54) is 30.7 Å². The number of halogens is 1. The lowest BCUT2D eigenvalue weighted by Gasteiger charge is -1.99. The van der Waals surface area contributed by atoms with E-state index >= 15 is 0 Å². The maximum atomic E-state index is 13.6. The molecule has 0 bridgehead atoms. The standard InChI is InChI=1S/C12H7FN2O3/c13-8-2-1-3-9(16)10(8)12-14-11(15-18-12)7-4-5-17-6-7/h1-6,16H. The molecule has 1 N–H and O–H groups in total. The molecule has 5 nitrogen and oxygen atoms in total. The van der Waals surface area contributed by atoms with E-state index in [0.29, 0.717) is 5.56 Å². The van der Waals surface area contributed by atoms with Crippen LogP contribution in [0.2, 0.25) is 0 Å². The van der Waals surface area contributed by atoms with E-state index < -0.39 is 5.82 Å². The van der Waals surface area contributed by atoms with Crippen LogP contribution in [0.4, 0.5) is 4.39 Å². The smallest absolute Gasteiger partial charge is 0.265 e. The van der Waals surface area contributed by atoms with Crippen molar-refractivity contribution in [3.8, 4) is 28.6 Å². The van der Waals surface area contributed by atoms with Crippen molar-refractivity contribution in [2.45, 2.75) is 0 Å². The molecule has 2 heterocycles. The van der Waals surface area contributed by atoms with Gasteiger partial charge in [0.2, 0.25) is 5.82 Å². The Morgan fingerprint density at radius 2 is 2.11 bits per heavy atom. The molecule has 1 aromatic carbocycles. The van der Waals surface area contributed by atoms with Crippen molar-refractivity contribution in [2.24, 2.45) is 0 Å². The van der Waals surface area contributed by atoms with Crippen LogP contribution in [0.15, 0.2) is 45.7 Å². The van der Waals surface area contributed by atoms with Crippen LogP contribution in [0.5, 0.6) is 5.75 Å². The number of hydrogen-bond donors (Lipinski definition) is 1. The Morgan fingerprint density at radius 1 is 1.22 bits per heavy atom. The molecule has 6 heteroatoms. The van der Waals surface area contributed by atoms with E-state index in [9.17, 15) is 9.50 Å². The number of rotatable bonds is 2. The van der Waals surface area contributed by atoms with Gasteiger partial charge >= 0.3 is 0 Å². The van der Waals surface area contributed by atoms with Gasteiger partial charge in [-0.25, -0.2) is 4.39 Å². The second-order valence-electron chi connectivity index (χ2n) is 3.57. The maximum Gasteiger partial charge on any atom is 0.265 e. The molecule has 0 aliphatic carbocycles. The Bertz CT molecular complexity index is 656. The Balaban J connectivity index is 2.09. The lowest BCUT2D eigenvalue weighted by atomic mass is 10.2. The SMILES string of the molecule is Oc1cccc(F)c1-c1nc(-c2ccoc2)no1. The maximum absolute atomic E-state index is 13.6. The average molecular weight is 246 g/mol. The van der Waals surface area contributed by atoms with Gasteiger partial charge in [0, 0.05) is 0 Å². The van der Waals surface area contributed by atoms with Gasteiger partial charge in [0.15, 0.2) is 0 Å². The molecule has 2 aromatic heterocycles. The van der Waals surface area contributed by atoms with Gasteiger partial charge in [-0.05, 0) is 18.2 Å². The van der Waals surface area contributed by atoms with Crippen molar-refractivity contribution in [3.05, 3.63) is 42.6 Å². The van der Waals surface area contributed by atoms with Crippen LogP contribution in [0.1, 0.15) is 0 Å². The summed E-state index contributed by atoms with van der Waals surface area (Å²) in [5, 5.41) is 13.3. The molecule has 0 unspecified atom stereocenters. The molecule has 0 atom stereocenters. The Kier molecular flexibility index (Phi) is 2.33. The highest BCUT2D eigenvalue weighted by Crippen LogP contribution is 2.31. The zero-order valence-electron chi connectivity index (χ0n) is 9.00. The van der Waals surface area contributed by atoms with Crippen molar-refractivity contribution in [2.75, 3.05) is 0 Å². The van der Waals surface area contributed by atoms with Gasteiger partial charge in [0.05, 0.1) is 11.8 Å². The minimum absolute atomic E-state index is 0.0817. The molecule has 0 aliphatic rings. The largest absolute Gasteiger partial charge is 0.507 e. The highest BCUT2D eigenvalue weighted by atomic mass is 19.1. The molecule has 90 valence electrons. The van der Waals surface area contributed by atoms with Crippen LogP contribution in [-0.2, 0) is 0 Å². The zero-order chi connectivity index (χ0) is 12.5. The molecule has 3 aromatic rings. The third-order valence-corrected chi connectivity index (χ3v) is 2.41. The van der Waals surface area contributed by atoms with Crippen LogP contribution in [0.25, 0.3) is 22.8 Å². The fraction of sp³-hybridized carbons (Fsp3) is 0. The Hall–Kier alpha value is -2.63. The first-order valence-electron chi connectivity index (χ1n) is 5.10. The first kappa shape index (κ1) is 10.5. The molecule has 0 saturated carbocycles. The summed E-state index contributed by atoms with van der Waals surface area (Å²) in [6.07, 6.45) is 2.90. The summed E-state index contributed by atoms with van der Waals surface area (Å²) in [6.45, 7) is 0. The lowest BCUT2D eigenvalue weighted by Crippen LogP contribution is -1.85. The molecule has 0 amide bonds. The summed E-state index contributed by atoms with van der Waals surface area (Å²) < 4.78 is 23.4. The van der Waals surface area contributed by atoms with Gasteiger partial charge in [0.25, 0.3) is 5.89 Å². The van der Waals surface area contributed by atoms with Crippen LogP contribution in [0.3, 0.4) is 0 Å². The first-order chi connectivity index (χ1) is 8.75. The van der Waals surface area contributed by atoms with Gasteiger partial charge in [-0.3, -0.25) is 0 Å². The Morgan fingerprint density at radius 3 is 2.83 bits per heavy atom. The molecule has 0 saturated heterocycles. The molecular weight excluding hydrogens is 239 g/mol. The zero-order valence-corrected chi connectivity index (χ0v) is 9.00. The van der Waals surface area contributed by atoms with E-state index in [4.69, 9.17) is 8.94 Å². The van der Waals surface area contributed by atoms with Crippen LogP contribution in [0, 0.1) is 5.82 Å². The van der Waals surface area contributed by atoms with Crippen molar-refractivity contribution in [1.82, 2.24) is 10.1 Å². The normalized spacial score (nSPS) is 10.7. The van der Waals surface area contributed by atoms with E-state index in [2.05, 4.69) is 10.1 Å². The second kappa shape index (κ2) is 3.99. The molecule has 18 heavy (non-hydrogen) atoms. The Labute approximate surface area is 100 Å². The highest BCUT2D eigenvalue weighted by Gasteiger charge is 2.18. The van der Waals surface area contributed by atoms with Crippen LogP contribution < -0.4 is 0 Å². The van der Waals surface area contributed by atoms with Crippen LogP contribution >= 0.6 is 0 Å². The third kappa shape index (κ3) is 1.64. The summed E-state index contributed by atoms with van der Waals surface area (Å²) in [6, 6.07) is 5.59. The summed E-state index contributed by atoms with van der Waals surface area (Å²) in [4.78, 5) is 4.01. The fourth-order valence-electron chi connectivity index (χ4n) is 1.56. The fourth-order valence-corrected chi connectivity index (χ4v) is 1.56. The number of aromatic nitrogens is 2. The number of hydrogen-bond acceptors (Lipinski definition) is 5. The lowest BCUT2D eigenvalue weighted by molar-refractivity contribution is 0.421. The third-order valence-electron chi connectivity index (χ3n) is 2.41. The van der Waals surface area contributed by atoms with E-state index in [1.807, 2.05) is 0 Å². The number of phenolic OH excluding ortho intramolecular Hbond substituents is 1. The van der Waals surface area contributed by atoms with Crippen molar-refractivity contribution in [3.63, 3.8) is 0 Å². The van der Waals surface area contributed by atoms with E-state index in [0.717, 1.165) is 0 Å². The van der Waals surface area contributed by atoms with Gasteiger partial charge < -0.3 is 14.0 Å². The minimum Gasteiger partial charge on any atom is -0.507 e. The average Bonchev–Trinajstić information content (AvgIpc) is 2.99. The topological polar surface area (TPSA) is 72.3 Å². The molecule has 0 radical (unpaired) electrons. The predicted octanol–water partition coefficient (Wildman–Crippen LogP) is 2.84. The predicted molar refractivity (Wildman–Crippen MR) is 59.1 cm³/mol. The van der Waals surface area contributed by atoms with Crippen LogP contribution in [-0.4, -0.2) is 15.2 Å². The monoisotopic (exact) mass is 246 g/mol. The molecule has 0 spiro atoms. The van der Waals surface area contributed by atoms with E-state index in [1.54, 1.807) is 6.07 Å². The molecule has 0 fully saturated rings. The van der Waals surface area contributed by atoms with Gasteiger partial charge in [-0.2, -0.15) is 4.98 Å². The quantitative estimate of drug-likeness (QED) is 0.752. The van der Waals surface area contributed by atoms with Gasteiger partial charge in [-0.15, -0.1) is 0 Å². The molecule has 3 rings (SSSR count). The summed E-state index contributed by atoms with van der Waals surface area (Å²) in [5.41, 5.74) is 0.501. The summed E-state index contributed by atoms with van der Waals surface area (Å²) >= 11 is 0. The minimum atomic E-state index is -0.627. The summed E-state index contributed by atoms with van der Waals surface area (Å²) in [7, 11) is 0. The van der Waals surface area contributed by atoms with E-state index in [-0.39, 0.29) is 23.0 Å². The number of nitrogens with zero attached hydrogens (tertiary/aromatic N) is 2. The molecule has 0 aliphatic heterocycles. The number of benzene rings is 1. The number of phenols is 1. The van der Waals surface area contributed by atoms with Crippen molar-refractivity contribution >= 4 is 0 Å². The number of furan rings is 1. The molecular formula is C12H7FN2O3. The van der Waals surface area contributed by atoms with Crippen molar-refractivity contribution < 1.29 is 18.4 Å².